The Bertz CT molecular complexity index is 1150. The van der Waals surface area contributed by atoms with Crippen LogP contribution in [0.4, 0.5) is 5.69 Å². The number of nitrogens with zero attached hydrogens (tertiary/aromatic N) is 3. The van der Waals surface area contributed by atoms with Crippen molar-refractivity contribution < 1.29 is 17.9 Å². The largest absolute Gasteiger partial charge is 0.495 e. The second-order valence-corrected chi connectivity index (χ2v) is 11.4. The smallest absolute Gasteiger partial charge is 0.243 e. The molecule has 2 heterocycles. The Kier molecular flexibility index (Phi) is 7.40. The predicted molar refractivity (Wildman–Crippen MR) is 134 cm³/mol. The number of halogens is 1. The molecule has 0 atom stereocenters. The number of benzene rings is 2. The molecule has 2 aliphatic heterocycles. The topological polar surface area (TPSA) is 70.2 Å². The van der Waals surface area contributed by atoms with E-state index in [1.165, 1.54) is 40.4 Å². The monoisotopic (exact) mass is 505 g/mol. The van der Waals surface area contributed by atoms with Crippen LogP contribution in [0.25, 0.3) is 0 Å². The van der Waals surface area contributed by atoms with Crippen LogP contribution in [-0.4, -0.2) is 69.9 Å². The summed E-state index contributed by atoms with van der Waals surface area (Å²) < 4.78 is 32.7. The molecule has 1 amide bonds. The zero-order chi connectivity index (χ0) is 24.5. The summed E-state index contributed by atoms with van der Waals surface area (Å²) in [5.74, 6) is 0.436. The van der Waals surface area contributed by atoms with E-state index in [9.17, 15) is 13.2 Å². The molecule has 4 rings (SSSR count). The summed E-state index contributed by atoms with van der Waals surface area (Å²) in [7, 11) is -2.18. The Morgan fingerprint density at radius 2 is 1.68 bits per heavy atom. The standard InChI is InChI=1S/C25H32ClN3O4S/c1-18-5-4-6-23(19(18)2)27-13-15-28(16-14-27)25(30)20-9-11-29(12-10-20)34(31,32)21-7-8-24(33-3)22(26)17-21/h4-8,17,20H,9-16H2,1-3H3. The van der Waals surface area contributed by atoms with Gasteiger partial charge >= 0.3 is 0 Å². The zero-order valence-corrected chi connectivity index (χ0v) is 21.5. The normalized spacial score (nSPS) is 18.2. The fourth-order valence-corrected chi connectivity index (χ4v) is 6.62. The van der Waals surface area contributed by atoms with Crippen molar-refractivity contribution in [2.24, 2.45) is 5.92 Å². The minimum absolute atomic E-state index is 0.141. The summed E-state index contributed by atoms with van der Waals surface area (Å²) in [4.78, 5) is 17.6. The lowest BCUT2D eigenvalue weighted by Gasteiger charge is -2.39. The second-order valence-electron chi connectivity index (χ2n) is 9.01. The number of carbonyl (C=O) groups excluding carboxylic acids is 1. The molecule has 0 bridgehead atoms. The fourth-order valence-electron chi connectivity index (χ4n) is 4.80. The quantitative estimate of drug-likeness (QED) is 0.619. The molecular formula is C25H32ClN3O4S. The van der Waals surface area contributed by atoms with Gasteiger partial charge in [-0.1, -0.05) is 23.7 Å². The highest BCUT2D eigenvalue weighted by molar-refractivity contribution is 7.89. The number of piperazine rings is 1. The van der Waals surface area contributed by atoms with Crippen molar-refractivity contribution in [3.8, 4) is 5.75 Å². The van der Waals surface area contributed by atoms with E-state index in [4.69, 9.17) is 16.3 Å². The van der Waals surface area contributed by atoms with Gasteiger partial charge in [-0.25, -0.2) is 8.42 Å². The highest BCUT2D eigenvalue weighted by Crippen LogP contribution is 2.31. The molecule has 0 saturated carbocycles. The third kappa shape index (κ3) is 4.90. The van der Waals surface area contributed by atoms with Crippen molar-refractivity contribution in [2.75, 3.05) is 51.3 Å². The number of sulfonamides is 1. The average Bonchev–Trinajstić information content (AvgIpc) is 2.85. The van der Waals surface area contributed by atoms with E-state index in [0.717, 1.165) is 13.1 Å². The van der Waals surface area contributed by atoms with Crippen molar-refractivity contribution in [2.45, 2.75) is 31.6 Å². The molecule has 2 aromatic carbocycles. The number of hydrogen-bond donors (Lipinski definition) is 0. The summed E-state index contributed by atoms with van der Waals surface area (Å²) in [6, 6.07) is 10.8. The lowest BCUT2D eigenvalue weighted by Crippen LogP contribution is -2.52. The Morgan fingerprint density at radius 1 is 1.00 bits per heavy atom. The summed E-state index contributed by atoms with van der Waals surface area (Å²) in [5, 5.41) is 0.258. The maximum absolute atomic E-state index is 13.2. The van der Waals surface area contributed by atoms with Gasteiger partial charge in [0.05, 0.1) is 17.0 Å². The zero-order valence-electron chi connectivity index (χ0n) is 20.0. The summed E-state index contributed by atoms with van der Waals surface area (Å²) in [5.41, 5.74) is 3.80. The molecule has 34 heavy (non-hydrogen) atoms. The molecule has 0 radical (unpaired) electrons. The molecule has 2 aliphatic rings. The van der Waals surface area contributed by atoms with Gasteiger partial charge in [0.15, 0.2) is 0 Å². The maximum atomic E-state index is 13.2. The molecule has 2 aromatic rings. The summed E-state index contributed by atoms with van der Waals surface area (Å²) in [6.45, 7) is 7.90. The molecular weight excluding hydrogens is 474 g/mol. The van der Waals surface area contributed by atoms with Gasteiger partial charge in [-0.2, -0.15) is 4.31 Å². The molecule has 0 unspecified atom stereocenters. The van der Waals surface area contributed by atoms with Crippen LogP contribution in [0, 0.1) is 19.8 Å². The van der Waals surface area contributed by atoms with E-state index in [1.807, 2.05) is 4.90 Å². The van der Waals surface area contributed by atoms with Gasteiger partial charge in [0.1, 0.15) is 5.75 Å². The van der Waals surface area contributed by atoms with Gasteiger partial charge in [0.25, 0.3) is 0 Å². The molecule has 0 N–H and O–H groups in total. The number of aryl methyl sites for hydroxylation is 1. The van der Waals surface area contributed by atoms with Crippen molar-refractivity contribution in [3.05, 3.63) is 52.5 Å². The number of anilines is 1. The van der Waals surface area contributed by atoms with Crippen molar-refractivity contribution in [3.63, 3.8) is 0 Å². The summed E-state index contributed by atoms with van der Waals surface area (Å²) >= 11 is 6.13. The molecule has 0 aromatic heterocycles. The van der Waals surface area contributed by atoms with Gasteiger partial charge in [-0.3, -0.25) is 4.79 Å². The Hall–Kier alpha value is -2.29. The Balaban J connectivity index is 1.33. The number of rotatable bonds is 5. The molecule has 7 nitrogen and oxygen atoms in total. The van der Waals surface area contributed by atoms with Gasteiger partial charge < -0.3 is 14.5 Å². The second kappa shape index (κ2) is 10.1. The number of methoxy groups -OCH3 is 1. The number of carbonyl (C=O) groups is 1. The van der Waals surface area contributed by atoms with Crippen LogP contribution in [-0.2, 0) is 14.8 Å². The minimum Gasteiger partial charge on any atom is -0.495 e. The van der Waals surface area contributed by atoms with E-state index in [1.54, 1.807) is 6.07 Å². The van der Waals surface area contributed by atoms with E-state index in [2.05, 4.69) is 36.9 Å². The van der Waals surface area contributed by atoms with Gasteiger partial charge in [-0.05, 0) is 62.1 Å². The number of amides is 1. The van der Waals surface area contributed by atoms with Gasteiger partial charge in [0.2, 0.25) is 15.9 Å². The van der Waals surface area contributed by atoms with E-state index < -0.39 is 10.0 Å². The summed E-state index contributed by atoms with van der Waals surface area (Å²) in [6.07, 6.45) is 1.05. The van der Waals surface area contributed by atoms with Crippen LogP contribution in [0.3, 0.4) is 0 Å². The van der Waals surface area contributed by atoms with Crippen LogP contribution in [0.2, 0.25) is 5.02 Å². The molecule has 2 fully saturated rings. The third-order valence-corrected chi connectivity index (χ3v) is 9.26. The first-order valence-corrected chi connectivity index (χ1v) is 13.5. The van der Waals surface area contributed by atoms with Gasteiger partial charge in [-0.15, -0.1) is 0 Å². The van der Waals surface area contributed by atoms with Crippen molar-refractivity contribution >= 4 is 33.2 Å². The average molecular weight is 506 g/mol. The first kappa shape index (κ1) is 24.8. The van der Waals surface area contributed by atoms with Crippen molar-refractivity contribution in [1.82, 2.24) is 9.21 Å². The molecule has 0 aliphatic carbocycles. The maximum Gasteiger partial charge on any atom is 0.243 e. The first-order chi connectivity index (χ1) is 16.2. The lowest BCUT2D eigenvalue weighted by atomic mass is 9.96. The van der Waals surface area contributed by atoms with E-state index >= 15 is 0 Å². The molecule has 9 heteroatoms. The van der Waals surface area contributed by atoms with Crippen LogP contribution >= 0.6 is 11.6 Å². The van der Waals surface area contributed by atoms with Crippen LogP contribution in [0.5, 0.6) is 5.75 Å². The highest BCUT2D eigenvalue weighted by Gasteiger charge is 2.35. The predicted octanol–water partition coefficient (Wildman–Crippen LogP) is 3.71. The first-order valence-electron chi connectivity index (χ1n) is 11.7. The molecule has 2 saturated heterocycles. The van der Waals surface area contributed by atoms with Crippen molar-refractivity contribution in [1.29, 1.82) is 0 Å². The van der Waals surface area contributed by atoms with E-state index in [-0.39, 0.29) is 21.7 Å². The Labute approximate surface area is 207 Å². The third-order valence-electron chi connectivity index (χ3n) is 7.07. The van der Waals surface area contributed by atoms with Gasteiger partial charge in [0, 0.05) is 50.9 Å². The van der Waals surface area contributed by atoms with E-state index in [0.29, 0.717) is 44.8 Å². The SMILES string of the molecule is COc1ccc(S(=O)(=O)N2CCC(C(=O)N3CCN(c4cccc(C)c4C)CC3)CC2)cc1Cl. The Morgan fingerprint density at radius 3 is 2.29 bits per heavy atom. The fraction of sp³-hybridized carbons (Fsp3) is 0.480. The number of piperidine rings is 1. The number of hydrogen-bond acceptors (Lipinski definition) is 5. The minimum atomic E-state index is -3.67. The molecule has 184 valence electrons. The number of ether oxygens (including phenoxy) is 1. The highest BCUT2D eigenvalue weighted by atomic mass is 35.5. The molecule has 0 spiro atoms. The van der Waals surface area contributed by atoms with Crippen LogP contribution in [0.15, 0.2) is 41.3 Å². The van der Waals surface area contributed by atoms with Crippen LogP contribution in [0.1, 0.15) is 24.0 Å². The lowest BCUT2D eigenvalue weighted by molar-refractivity contribution is -0.137. The van der Waals surface area contributed by atoms with Crippen LogP contribution < -0.4 is 9.64 Å².